The van der Waals surface area contributed by atoms with E-state index < -0.39 is 0 Å². The maximum Gasteiger partial charge on any atom is 0.175 e. The van der Waals surface area contributed by atoms with Crippen molar-refractivity contribution in [1.82, 2.24) is 0 Å². The topological polar surface area (TPSA) is 30.8 Å². The molecule has 0 spiro atoms. The number of rotatable bonds is 6. The second kappa shape index (κ2) is 8.84. The van der Waals surface area contributed by atoms with Crippen molar-refractivity contribution in [3.8, 4) is 11.5 Å². The van der Waals surface area contributed by atoms with Gasteiger partial charge in [0.05, 0.1) is 15.2 Å². The van der Waals surface area contributed by atoms with Gasteiger partial charge in [0.1, 0.15) is 6.61 Å². The summed E-state index contributed by atoms with van der Waals surface area (Å²) >= 11 is 16.2. The number of hydrogen-bond acceptors (Lipinski definition) is 4. The molecule has 0 aliphatic carbocycles. The van der Waals surface area contributed by atoms with Gasteiger partial charge in [-0.2, -0.15) is 0 Å². The monoisotopic (exact) mass is 507 g/mol. The highest BCUT2D eigenvalue weighted by Gasteiger charge is 2.17. The van der Waals surface area contributed by atoms with Gasteiger partial charge in [-0.25, -0.2) is 0 Å². The SMILES string of the molecule is CCOc1cc(C2=NCCS2)cc(I)c1OCc1ccc(Cl)cc1Cl. The lowest BCUT2D eigenvalue weighted by atomic mass is 10.2. The second-order valence-electron chi connectivity index (χ2n) is 5.28. The Labute approximate surface area is 175 Å². The molecule has 1 aliphatic rings. The third-order valence-corrected chi connectivity index (χ3v) is 5.94. The molecule has 132 valence electrons. The number of thioether (sulfide) groups is 1. The van der Waals surface area contributed by atoms with Gasteiger partial charge < -0.3 is 9.47 Å². The lowest BCUT2D eigenvalue weighted by molar-refractivity contribution is 0.267. The Morgan fingerprint density at radius 1 is 1.20 bits per heavy atom. The van der Waals surface area contributed by atoms with Crippen LogP contribution in [0.5, 0.6) is 11.5 Å². The first-order valence-corrected chi connectivity index (χ1v) is 10.6. The molecule has 0 atom stereocenters. The highest BCUT2D eigenvalue weighted by molar-refractivity contribution is 14.1. The molecule has 0 saturated carbocycles. The predicted molar refractivity (Wildman–Crippen MR) is 115 cm³/mol. The van der Waals surface area contributed by atoms with Crippen molar-refractivity contribution in [2.24, 2.45) is 4.99 Å². The van der Waals surface area contributed by atoms with Crippen molar-refractivity contribution in [3.05, 3.63) is 55.1 Å². The molecule has 0 amide bonds. The van der Waals surface area contributed by atoms with Crippen LogP contribution in [0.4, 0.5) is 0 Å². The maximum atomic E-state index is 6.23. The molecule has 0 fully saturated rings. The number of aliphatic imine (C=N–C) groups is 1. The van der Waals surface area contributed by atoms with Crippen LogP contribution in [0.15, 0.2) is 35.3 Å². The fourth-order valence-electron chi connectivity index (χ4n) is 2.39. The van der Waals surface area contributed by atoms with Gasteiger partial charge in [-0.3, -0.25) is 4.99 Å². The molecule has 2 aromatic rings. The average Bonchev–Trinajstić information content (AvgIpc) is 3.10. The fourth-order valence-corrected chi connectivity index (χ4v) is 4.46. The minimum atomic E-state index is 0.348. The summed E-state index contributed by atoms with van der Waals surface area (Å²) in [4.78, 5) is 4.54. The number of benzene rings is 2. The van der Waals surface area contributed by atoms with Crippen molar-refractivity contribution in [3.63, 3.8) is 0 Å². The van der Waals surface area contributed by atoms with Gasteiger partial charge in [0.2, 0.25) is 0 Å². The molecule has 0 unspecified atom stereocenters. The molecule has 0 saturated heterocycles. The molecule has 0 radical (unpaired) electrons. The molecule has 1 heterocycles. The van der Waals surface area contributed by atoms with E-state index in [2.05, 4.69) is 33.6 Å². The first kappa shape index (κ1) is 19.1. The van der Waals surface area contributed by atoms with Gasteiger partial charge in [-0.05, 0) is 53.8 Å². The number of ether oxygens (including phenoxy) is 2. The summed E-state index contributed by atoms with van der Waals surface area (Å²) in [6.07, 6.45) is 0. The van der Waals surface area contributed by atoms with Gasteiger partial charge in [0.25, 0.3) is 0 Å². The molecule has 0 N–H and O–H groups in total. The summed E-state index contributed by atoms with van der Waals surface area (Å²) in [5.41, 5.74) is 1.95. The largest absolute Gasteiger partial charge is 0.490 e. The van der Waals surface area contributed by atoms with Crippen LogP contribution in [-0.2, 0) is 6.61 Å². The van der Waals surface area contributed by atoms with Crippen molar-refractivity contribution in [2.75, 3.05) is 18.9 Å². The zero-order chi connectivity index (χ0) is 17.8. The van der Waals surface area contributed by atoms with Crippen LogP contribution >= 0.6 is 57.6 Å². The summed E-state index contributed by atoms with van der Waals surface area (Å²) in [6.45, 7) is 3.74. The molecular formula is C18H16Cl2INO2S. The Balaban J connectivity index is 1.86. The Morgan fingerprint density at radius 2 is 2.04 bits per heavy atom. The number of nitrogens with zero attached hydrogens (tertiary/aromatic N) is 1. The molecular weight excluding hydrogens is 492 g/mol. The lowest BCUT2D eigenvalue weighted by Crippen LogP contribution is -2.04. The summed E-state index contributed by atoms with van der Waals surface area (Å²) in [5, 5.41) is 2.26. The first-order chi connectivity index (χ1) is 12.1. The van der Waals surface area contributed by atoms with E-state index >= 15 is 0 Å². The third kappa shape index (κ3) is 4.76. The minimum absolute atomic E-state index is 0.348. The highest BCUT2D eigenvalue weighted by atomic mass is 127. The van der Waals surface area contributed by atoms with Crippen LogP contribution in [0.2, 0.25) is 10.0 Å². The Bertz CT molecular complexity index is 814. The van der Waals surface area contributed by atoms with Crippen LogP contribution in [0, 0.1) is 3.57 Å². The van der Waals surface area contributed by atoms with Crippen LogP contribution in [0.3, 0.4) is 0 Å². The number of halogens is 3. The van der Waals surface area contributed by atoms with Crippen molar-refractivity contribution in [2.45, 2.75) is 13.5 Å². The van der Waals surface area contributed by atoms with Crippen molar-refractivity contribution < 1.29 is 9.47 Å². The third-order valence-electron chi connectivity index (χ3n) is 3.53. The summed E-state index contributed by atoms with van der Waals surface area (Å²) in [5.74, 6) is 2.48. The Hall–Kier alpha value is -0.630. The standard InChI is InChI=1S/C18H16Cl2INO2S/c1-2-23-16-8-12(18-22-5-6-25-18)7-15(21)17(16)24-10-11-3-4-13(19)9-14(11)20/h3-4,7-9H,2,5-6,10H2,1H3. The van der Waals surface area contributed by atoms with E-state index in [0.29, 0.717) is 23.3 Å². The average molecular weight is 508 g/mol. The van der Waals surface area contributed by atoms with Gasteiger partial charge in [-0.1, -0.05) is 29.3 Å². The summed E-state index contributed by atoms with van der Waals surface area (Å²) < 4.78 is 12.8. The van der Waals surface area contributed by atoms with Crippen LogP contribution in [0.25, 0.3) is 0 Å². The summed E-state index contributed by atoms with van der Waals surface area (Å²) in [6, 6.07) is 9.48. The predicted octanol–water partition coefficient (Wildman–Crippen LogP) is 6.07. The molecule has 7 heteroatoms. The first-order valence-electron chi connectivity index (χ1n) is 7.79. The Kier molecular flexibility index (Phi) is 6.77. The highest BCUT2D eigenvalue weighted by Crippen LogP contribution is 2.37. The van der Waals surface area contributed by atoms with E-state index in [-0.39, 0.29) is 0 Å². The van der Waals surface area contributed by atoms with Gasteiger partial charge in [0.15, 0.2) is 11.5 Å². The van der Waals surface area contributed by atoms with Crippen LogP contribution in [0.1, 0.15) is 18.1 Å². The lowest BCUT2D eigenvalue weighted by Gasteiger charge is -2.16. The zero-order valence-corrected chi connectivity index (χ0v) is 18.0. The molecule has 1 aliphatic heterocycles. The zero-order valence-electron chi connectivity index (χ0n) is 13.5. The maximum absolute atomic E-state index is 6.23. The van der Waals surface area contributed by atoms with E-state index in [9.17, 15) is 0 Å². The van der Waals surface area contributed by atoms with Crippen molar-refractivity contribution >= 4 is 62.6 Å². The quantitative estimate of drug-likeness (QED) is 0.444. The minimum Gasteiger partial charge on any atom is -0.490 e. The molecule has 0 bridgehead atoms. The summed E-state index contributed by atoms with van der Waals surface area (Å²) in [7, 11) is 0. The molecule has 0 aromatic heterocycles. The fraction of sp³-hybridized carbons (Fsp3) is 0.278. The van der Waals surface area contributed by atoms with Gasteiger partial charge in [0, 0.05) is 33.5 Å². The second-order valence-corrected chi connectivity index (χ2v) is 8.37. The van der Waals surface area contributed by atoms with E-state index in [1.807, 2.05) is 19.1 Å². The van der Waals surface area contributed by atoms with E-state index in [1.54, 1.807) is 23.9 Å². The Morgan fingerprint density at radius 3 is 2.72 bits per heavy atom. The van der Waals surface area contributed by atoms with Gasteiger partial charge >= 0.3 is 0 Å². The van der Waals surface area contributed by atoms with E-state index in [4.69, 9.17) is 32.7 Å². The normalized spacial score (nSPS) is 13.7. The van der Waals surface area contributed by atoms with Crippen LogP contribution < -0.4 is 9.47 Å². The van der Waals surface area contributed by atoms with Crippen LogP contribution in [-0.4, -0.2) is 23.9 Å². The van der Waals surface area contributed by atoms with E-state index in [0.717, 1.165) is 43.5 Å². The van der Waals surface area contributed by atoms with Crippen molar-refractivity contribution in [1.29, 1.82) is 0 Å². The molecule has 2 aromatic carbocycles. The molecule has 3 rings (SSSR count). The smallest absolute Gasteiger partial charge is 0.175 e. The number of hydrogen-bond donors (Lipinski definition) is 0. The van der Waals surface area contributed by atoms with Gasteiger partial charge in [-0.15, -0.1) is 11.8 Å². The van der Waals surface area contributed by atoms with E-state index in [1.165, 1.54) is 0 Å². The molecule has 25 heavy (non-hydrogen) atoms. The molecule has 3 nitrogen and oxygen atoms in total.